The number of esters is 3. The molecule has 0 bridgehead atoms. The first-order chi connectivity index (χ1) is 25.7. The molecule has 4 fully saturated rings. The lowest BCUT2D eigenvalue weighted by atomic mass is 9.97. The van der Waals surface area contributed by atoms with E-state index in [1.165, 1.54) is 13.8 Å². The molecule has 2 aromatic carbocycles. The SMILES string of the molecule is CCOC(=O)[C@H](O[C@H]1[C@@H](OC[C@H]2O[C@@H]3OC(C)(C)O[C@@H]3[C@H]3OC(C)(C)O[C@H]32)O[C@H](COC(C)=O)[C@@H](OCc2ccccc2)[C@@H]1OC(C)=O)c1ccccc1. The van der Waals surface area contributed by atoms with Crippen molar-refractivity contribution < 1.29 is 71.2 Å². The maximum atomic E-state index is 13.5. The van der Waals surface area contributed by atoms with Gasteiger partial charge in [-0.1, -0.05) is 60.7 Å². The van der Waals surface area contributed by atoms with Gasteiger partial charge in [-0.2, -0.15) is 0 Å². The second-order valence-electron chi connectivity index (χ2n) is 14.4. The van der Waals surface area contributed by atoms with Gasteiger partial charge >= 0.3 is 17.9 Å². The Bertz CT molecular complexity index is 1570. The van der Waals surface area contributed by atoms with Crippen LogP contribution in [0.5, 0.6) is 0 Å². The van der Waals surface area contributed by atoms with E-state index < -0.39 is 97.0 Å². The van der Waals surface area contributed by atoms with E-state index >= 15 is 0 Å². The van der Waals surface area contributed by atoms with Crippen molar-refractivity contribution in [2.45, 2.75) is 134 Å². The van der Waals surface area contributed by atoms with Gasteiger partial charge in [0, 0.05) is 13.8 Å². The maximum Gasteiger partial charge on any atom is 0.339 e. The van der Waals surface area contributed by atoms with E-state index in [0.29, 0.717) is 5.56 Å². The van der Waals surface area contributed by atoms with Gasteiger partial charge in [-0.15, -0.1) is 0 Å². The van der Waals surface area contributed by atoms with Crippen molar-refractivity contribution in [1.82, 2.24) is 0 Å². The monoisotopic (exact) mass is 758 g/mol. The summed E-state index contributed by atoms with van der Waals surface area (Å²) in [5, 5.41) is 0. The lowest BCUT2D eigenvalue weighted by Gasteiger charge is -2.46. The van der Waals surface area contributed by atoms with Gasteiger partial charge in [0.25, 0.3) is 0 Å². The summed E-state index contributed by atoms with van der Waals surface area (Å²) in [5.41, 5.74) is 1.30. The van der Waals surface area contributed by atoms with E-state index in [-0.39, 0.29) is 26.4 Å². The van der Waals surface area contributed by atoms with Gasteiger partial charge < -0.3 is 56.8 Å². The van der Waals surface area contributed by atoms with Crippen LogP contribution in [0.2, 0.25) is 0 Å². The zero-order chi connectivity index (χ0) is 38.6. The summed E-state index contributed by atoms with van der Waals surface area (Å²) in [4.78, 5) is 38.4. The van der Waals surface area contributed by atoms with Crippen molar-refractivity contribution >= 4 is 17.9 Å². The third-order valence-corrected chi connectivity index (χ3v) is 9.20. The Hall–Kier alpha value is -3.51. The average Bonchev–Trinajstić information content (AvgIpc) is 3.62. The summed E-state index contributed by atoms with van der Waals surface area (Å²) < 4.78 is 74.0. The molecular weight excluding hydrogens is 708 g/mol. The predicted octanol–water partition coefficient (Wildman–Crippen LogP) is 3.89. The van der Waals surface area contributed by atoms with Gasteiger partial charge in [0.2, 0.25) is 0 Å². The van der Waals surface area contributed by atoms with E-state index in [1.807, 2.05) is 30.3 Å². The first-order valence-electron chi connectivity index (χ1n) is 18.2. The number of hydrogen-bond acceptors (Lipinski definition) is 15. The fourth-order valence-corrected chi connectivity index (χ4v) is 7.07. The predicted molar refractivity (Wildman–Crippen MR) is 185 cm³/mol. The van der Waals surface area contributed by atoms with E-state index in [4.69, 9.17) is 56.8 Å². The number of ether oxygens (including phenoxy) is 12. The molecule has 2 aromatic rings. The van der Waals surface area contributed by atoms with E-state index in [1.54, 1.807) is 65.0 Å². The Labute approximate surface area is 314 Å². The van der Waals surface area contributed by atoms with Gasteiger partial charge in [-0.25, -0.2) is 4.79 Å². The Morgan fingerprint density at radius 2 is 1.33 bits per heavy atom. The molecule has 0 unspecified atom stereocenters. The number of carbonyl (C=O) groups is 3. The topological polar surface area (TPSA) is 162 Å². The van der Waals surface area contributed by atoms with Crippen LogP contribution in [0.3, 0.4) is 0 Å². The summed E-state index contributed by atoms with van der Waals surface area (Å²) >= 11 is 0. The largest absolute Gasteiger partial charge is 0.464 e. The number of benzene rings is 2. The first-order valence-corrected chi connectivity index (χ1v) is 18.2. The summed E-state index contributed by atoms with van der Waals surface area (Å²) in [6, 6.07) is 18.1. The second kappa shape index (κ2) is 17.1. The third-order valence-electron chi connectivity index (χ3n) is 9.20. The van der Waals surface area contributed by atoms with E-state index in [9.17, 15) is 14.4 Å². The lowest BCUT2D eigenvalue weighted by molar-refractivity contribution is -0.334. The van der Waals surface area contributed by atoms with E-state index in [0.717, 1.165) is 5.56 Å². The molecule has 6 rings (SSSR count). The van der Waals surface area contributed by atoms with Crippen LogP contribution in [0, 0.1) is 0 Å². The van der Waals surface area contributed by atoms with Crippen LogP contribution in [0.1, 0.15) is 65.7 Å². The van der Waals surface area contributed by atoms with Gasteiger partial charge in [-0.05, 0) is 45.7 Å². The van der Waals surface area contributed by atoms with Crippen LogP contribution in [-0.4, -0.2) is 111 Å². The highest BCUT2D eigenvalue weighted by atomic mass is 16.9. The van der Waals surface area contributed by atoms with Crippen LogP contribution < -0.4 is 0 Å². The molecule has 4 saturated heterocycles. The number of hydrogen-bond donors (Lipinski definition) is 0. The smallest absolute Gasteiger partial charge is 0.339 e. The van der Waals surface area contributed by atoms with Crippen molar-refractivity contribution in [2.75, 3.05) is 19.8 Å². The molecule has 15 heteroatoms. The van der Waals surface area contributed by atoms with Crippen LogP contribution in [0.4, 0.5) is 0 Å². The second-order valence-corrected chi connectivity index (χ2v) is 14.4. The molecule has 15 nitrogen and oxygen atoms in total. The van der Waals surface area contributed by atoms with Crippen molar-refractivity contribution in [3.8, 4) is 0 Å². The highest BCUT2D eigenvalue weighted by Gasteiger charge is 2.61. The summed E-state index contributed by atoms with van der Waals surface area (Å²) in [6.07, 6.45) is -10.6. The highest BCUT2D eigenvalue weighted by Crippen LogP contribution is 2.44. The molecule has 0 aliphatic carbocycles. The van der Waals surface area contributed by atoms with Crippen LogP contribution >= 0.6 is 0 Å². The van der Waals surface area contributed by atoms with Crippen LogP contribution in [0.15, 0.2) is 60.7 Å². The molecule has 4 aliphatic heterocycles. The molecule has 0 radical (unpaired) electrons. The normalized spacial score (nSPS) is 32.9. The molecule has 0 N–H and O–H groups in total. The van der Waals surface area contributed by atoms with Gasteiger partial charge in [0.05, 0.1) is 19.8 Å². The summed E-state index contributed by atoms with van der Waals surface area (Å²) in [5.74, 6) is -3.81. The van der Waals surface area contributed by atoms with Gasteiger partial charge in [0.1, 0.15) is 49.3 Å². The Morgan fingerprint density at radius 1 is 0.685 bits per heavy atom. The molecule has 0 saturated carbocycles. The van der Waals surface area contributed by atoms with Crippen LogP contribution in [0.25, 0.3) is 0 Å². The molecule has 54 heavy (non-hydrogen) atoms. The average molecular weight is 759 g/mol. The molecule has 0 spiro atoms. The molecule has 296 valence electrons. The fourth-order valence-electron chi connectivity index (χ4n) is 7.07. The standard InChI is InChI=1S/C39H50O15/c1-8-43-35(42)28(25-17-13-10-14-18-25)50-33-31(47-23(3)41)29(45-19-24-15-11-9-12-16-24)26(20-44-22(2)40)48-36(33)46-21-27-30-32(52-38(4,5)51-30)34-37(49-27)54-39(6,7)53-34/h9-18,26-34,36-37H,8,19-21H2,1-7H3/t26-,27-,28-,29-,30+,31+,32+,33-,34-,36+,37-/m1/s1. The zero-order valence-corrected chi connectivity index (χ0v) is 31.6. The van der Waals surface area contributed by atoms with Crippen molar-refractivity contribution in [1.29, 1.82) is 0 Å². The minimum Gasteiger partial charge on any atom is -0.464 e. The molecule has 0 amide bonds. The van der Waals surface area contributed by atoms with Crippen molar-refractivity contribution in [3.63, 3.8) is 0 Å². The van der Waals surface area contributed by atoms with E-state index in [2.05, 4.69) is 0 Å². The maximum absolute atomic E-state index is 13.5. The summed E-state index contributed by atoms with van der Waals surface area (Å²) in [6.45, 7) is 11.1. The third kappa shape index (κ3) is 9.64. The molecular formula is C39H50O15. The van der Waals surface area contributed by atoms with Gasteiger partial charge in [0.15, 0.2) is 36.4 Å². The highest BCUT2D eigenvalue weighted by molar-refractivity contribution is 5.76. The Morgan fingerprint density at radius 3 is 2.00 bits per heavy atom. The first kappa shape index (κ1) is 40.2. The van der Waals surface area contributed by atoms with Crippen molar-refractivity contribution in [2.24, 2.45) is 0 Å². The lowest BCUT2D eigenvalue weighted by Crippen LogP contribution is -2.63. The Balaban J connectivity index is 1.35. The quantitative estimate of drug-likeness (QED) is 0.201. The molecule has 4 heterocycles. The zero-order valence-electron chi connectivity index (χ0n) is 31.6. The van der Waals surface area contributed by atoms with Gasteiger partial charge in [-0.3, -0.25) is 9.59 Å². The number of carbonyl (C=O) groups excluding carboxylic acids is 3. The minimum absolute atomic E-state index is 0.0779. The molecule has 4 aliphatic rings. The number of rotatable bonds is 14. The van der Waals surface area contributed by atoms with Crippen LogP contribution in [-0.2, 0) is 77.8 Å². The fraction of sp³-hybridized carbons (Fsp3) is 0.615. The Kier molecular flexibility index (Phi) is 12.7. The molecule has 0 aromatic heterocycles. The molecule has 11 atom stereocenters. The number of fused-ring (bicyclic) bond motifs is 3. The van der Waals surface area contributed by atoms with Crippen molar-refractivity contribution in [3.05, 3.63) is 71.8 Å². The minimum atomic E-state index is -1.35. The summed E-state index contributed by atoms with van der Waals surface area (Å²) in [7, 11) is 0.